The van der Waals surface area contributed by atoms with Crippen LogP contribution in [0.2, 0.25) is 0 Å². The molecule has 0 aromatic heterocycles. The lowest BCUT2D eigenvalue weighted by Gasteiger charge is -2.24. The normalized spacial score (nSPS) is 18.3. The number of amides is 1. The number of esters is 1. The van der Waals surface area contributed by atoms with E-state index in [2.05, 4.69) is 16.2 Å². The molecule has 5 N–H and O–H groups in total. The Morgan fingerprint density at radius 1 is 1.00 bits per heavy atom. The van der Waals surface area contributed by atoms with Gasteiger partial charge in [0.2, 0.25) is 0 Å². The number of hydrogen-bond acceptors (Lipinski definition) is 7. The van der Waals surface area contributed by atoms with Crippen LogP contribution in [0.3, 0.4) is 0 Å². The van der Waals surface area contributed by atoms with E-state index in [4.69, 9.17) is 9.47 Å². The fourth-order valence-corrected chi connectivity index (χ4v) is 1.74. The second-order valence-corrected chi connectivity index (χ2v) is 4.30. The Hall–Kier alpha value is -1.38. The average Bonchev–Trinajstić information content (AvgIpc) is 2.59. The van der Waals surface area contributed by atoms with Crippen LogP contribution in [0.4, 0.5) is 4.79 Å². The quantitative estimate of drug-likeness (QED) is 0.639. The van der Waals surface area contributed by atoms with E-state index in [1.165, 1.54) is 7.05 Å². The molecule has 24 heavy (non-hydrogen) atoms. The lowest BCUT2D eigenvalue weighted by Crippen LogP contribution is -2.26. The van der Waals surface area contributed by atoms with Gasteiger partial charge in [-0.2, -0.15) is 0 Å². The van der Waals surface area contributed by atoms with Crippen molar-refractivity contribution in [3.63, 3.8) is 0 Å². The van der Waals surface area contributed by atoms with Crippen LogP contribution in [0.1, 0.15) is 53.4 Å². The van der Waals surface area contributed by atoms with E-state index in [0.717, 1.165) is 25.7 Å². The van der Waals surface area contributed by atoms with Crippen molar-refractivity contribution < 1.29 is 28.9 Å². The maximum absolute atomic E-state index is 11.0. The van der Waals surface area contributed by atoms with Gasteiger partial charge in [0.15, 0.2) is 0 Å². The van der Waals surface area contributed by atoms with Crippen LogP contribution >= 0.6 is 0 Å². The first kappa shape index (κ1) is 27.5. The Balaban J connectivity index is -0.000000371. The van der Waals surface area contributed by atoms with E-state index in [9.17, 15) is 14.7 Å². The summed E-state index contributed by atoms with van der Waals surface area (Å²) < 4.78 is 14.3. The van der Waals surface area contributed by atoms with Crippen molar-refractivity contribution in [3.8, 4) is 0 Å². The minimum Gasteiger partial charge on any atom is -0.464 e. The number of ether oxygens (including phenoxy) is 3. The molecule has 0 aliphatic heterocycles. The van der Waals surface area contributed by atoms with Crippen molar-refractivity contribution >= 4 is 12.1 Å². The standard InChI is InChI=1S/C10H18O4.C3H7NO2.C2H6.CH5N/c1-2-13-10(12)7-14-9-5-3-8(11)4-6-9;1-2-6-3(4)5;2*1-2/h8-9,11H,2-7H2,1H3;2H2,1H3,(H2,4,5);1-2H3;2H2,1H3. The summed E-state index contributed by atoms with van der Waals surface area (Å²) in [5.41, 5.74) is 9.04. The number of nitrogens with two attached hydrogens (primary N) is 2. The Kier molecular flexibility index (Phi) is 24.7. The molecule has 0 aromatic carbocycles. The van der Waals surface area contributed by atoms with Crippen LogP contribution in [0.5, 0.6) is 0 Å². The minimum absolute atomic E-state index is 0.0363. The van der Waals surface area contributed by atoms with E-state index in [1.807, 2.05) is 13.8 Å². The summed E-state index contributed by atoms with van der Waals surface area (Å²) in [5.74, 6) is -0.307. The number of rotatable bonds is 5. The summed E-state index contributed by atoms with van der Waals surface area (Å²) in [6.45, 7) is 8.26. The average molecular weight is 352 g/mol. The molecular formula is C16H36N2O6. The van der Waals surface area contributed by atoms with Crippen molar-refractivity contribution in [1.29, 1.82) is 0 Å². The van der Waals surface area contributed by atoms with Gasteiger partial charge in [-0.3, -0.25) is 0 Å². The van der Waals surface area contributed by atoms with Gasteiger partial charge in [-0.1, -0.05) is 13.8 Å². The summed E-state index contributed by atoms with van der Waals surface area (Å²) in [6.07, 6.45) is 2.43. The molecular weight excluding hydrogens is 316 g/mol. The fourth-order valence-electron chi connectivity index (χ4n) is 1.74. The molecule has 146 valence electrons. The Morgan fingerprint density at radius 2 is 1.46 bits per heavy atom. The van der Waals surface area contributed by atoms with Gasteiger partial charge < -0.3 is 30.8 Å². The van der Waals surface area contributed by atoms with Crippen molar-refractivity contribution in [1.82, 2.24) is 0 Å². The van der Waals surface area contributed by atoms with Gasteiger partial charge in [0, 0.05) is 0 Å². The summed E-state index contributed by atoms with van der Waals surface area (Å²) in [5, 5.41) is 9.24. The number of carbonyl (C=O) groups is 2. The molecule has 1 saturated carbocycles. The zero-order valence-electron chi connectivity index (χ0n) is 15.7. The molecule has 0 heterocycles. The van der Waals surface area contributed by atoms with Gasteiger partial charge >= 0.3 is 12.1 Å². The molecule has 1 fully saturated rings. The second-order valence-electron chi connectivity index (χ2n) is 4.30. The van der Waals surface area contributed by atoms with E-state index < -0.39 is 6.09 Å². The molecule has 0 bridgehead atoms. The smallest absolute Gasteiger partial charge is 0.404 e. The van der Waals surface area contributed by atoms with Gasteiger partial charge in [0.25, 0.3) is 0 Å². The maximum Gasteiger partial charge on any atom is 0.404 e. The largest absolute Gasteiger partial charge is 0.464 e. The molecule has 8 nitrogen and oxygen atoms in total. The van der Waals surface area contributed by atoms with Gasteiger partial charge in [-0.25, -0.2) is 9.59 Å². The van der Waals surface area contributed by atoms with Gasteiger partial charge in [0.1, 0.15) is 6.61 Å². The summed E-state index contributed by atoms with van der Waals surface area (Å²) in [6, 6.07) is 0. The zero-order valence-corrected chi connectivity index (χ0v) is 15.7. The molecule has 0 unspecified atom stereocenters. The van der Waals surface area contributed by atoms with Gasteiger partial charge in [-0.15, -0.1) is 0 Å². The summed E-state index contributed by atoms with van der Waals surface area (Å²) in [4.78, 5) is 20.6. The Morgan fingerprint density at radius 3 is 1.79 bits per heavy atom. The van der Waals surface area contributed by atoms with E-state index in [-0.39, 0.29) is 24.8 Å². The number of primary amides is 1. The molecule has 1 aliphatic rings. The number of carbonyl (C=O) groups excluding carboxylic acids is 2. The van der Waals surface area contributed by atoms with E-state index >= 15 is 0 Å². The highest BCUT2D eigenvalue weighted by Crippen LogP contribution is 2.20. The predicted octanol–water partition coefficient (Wildman–Crippen LogP) is 1.57. The lowest BCUT2D eigenvalue weighted by atomic mass is 9.95. The van der Waals surface area contributed by atoms with Crippen LogP contribution < -0.4 is 11.5 Å². The molecule has 0 atom stereocenters. The van der Waals surface area contributed by atoms with Gasteiger partial charge in [0.05, 0.1) is 25.4 Å². The summed E-state index contributed by atoms with van der Waals surface area (Å²) >= 11 is 0. The van der Waals surface area contributed by atoms with E-state index in [1.54, 1.807) is 13.8 Å². The summed E-state index contributed by atoms with van der Waals surface area (Å²) in [7, 11) is 1.50. The number of aliphatic hydroxyl groups excluding tert-OH is 1. The van der Waals surface area contributed by atoms with Crippen molar-refractivity contribution in [3.05, 3.63) is 0 Å². The number of aliphatic hydroxyl groups is 1. The molecule has 1 rings (SSSR count). The minimum atomic E-state index is -0.711. The fraction of sp³-hybridized carbons (Fsp3) is 0.875. The molecule has 0 aromatic rings. The third kappa shape index (κ3) is 20.6. The molecule has 0 radical (unpaired) electrons. The Bertz CT molecular complexity index is 282. The first-order valence-electron chi connectivity index (χ1n) is 8.44. The topological polar surface area (TPSA) is 134 Å². The third-order valence-corrected chi connectivity index (χ3v) is 2.67. The highest BCUT2D eigenvalue weighted by Gasteiger charge is 2.20. The molecule has 8 heteroatoms. The lowest BCUT2D eigenvalue weighted by molar-refractivity contribution is -0.151. The monoisotopic (exact) mass is 352 g/mol. The molecule has 1 amide bonds. The van der Waals surface area contributed by atoms with Crippen LogP contribution in [0, 0.1) is 0 Å². The number of hydrogen-bond donors (Lipinski definition) is 3. The highest BCUT2D eigenvalue weighted by molar-refractivity contribution is 5.70. The first-order valence-corrected chi connectivity index (χ1v) is 8.44. The first-order chi connectivity index (χ1) is 11.5. The zero-order chi connectivity index (χ0) is 19.4. The molecule has 0 spiro atoms. The highest BCUT2D eigenvalue weighted by atomic mass is 16.6. The third-order valence-electron chi connectivity index (χ3n) is 2.67. The van der Waals surface area contributed by atoms with Crippen LogP contribution in [-0.2, 0) is 19.0 Å². The van der Waals surface area contributed by atoms with Crippen molar-refractivity contribution in [2.24, 2.45) is 11.5 Å². The molecule has 1 aliphatic carbocycles. The van der Waals surface area contributed by atoms with Crippen LogP contribution in [-0.4, -0.2) is 56.2 Å². The van der Waals surface area contributed by atoms with Gasteiger partial charge in [-0.05, 0) is 46.6 Å². The second kappa shape index (κ2) is 21.6. The van der Waals surface area contributed by atoms with Crippen molar-refractivity contribution in [2.75, 3.05) is 26.9 Å². The van der Waals surface area contributed by atoms with Crippen LogP contribution in [0.25, 0.3) is 0 Å². The predicted molar refractivity (Wildman–Crippen MR) is 93.5 cm³/mol. The molecule has 0 saturated heterocycles. The Labute approximate surface area is 145 Å². The van der Waals surface area contributed by atoms with Crippen LogP contribution in [0.15, 0.2) is 0 Å². The van der Waals surface area contributed by atoms with E-state index in [0.29, 0.717) is 13.2 Å². The maximum atomic E-state index is 11.0. The SMILES string of the molecule is CC.CCOC(=O)COC1CCC(O)CC1.CCOC(N)=O.CN. The van der Waals surface area contributed by atoms with Crippen molar-refractivity contribution in [2.45, 2.75) is 65.6 Å².